The Labute approximate surface area is 222 Å². The number of hydrogen-bond acceptors (Lipinski definition) is 9. The van der Waals surface area contributed by atoms with Crippen LogP contribution < -0.4 is 9.80 Å². The van der Waals surface area contributed by atoms with Crippen LogP contribution in [0.5, 0.6) is 0 Å². The zero-order chi connectivity index (χ0) is 26.2. The molecule has 3 aliphatic rings. The molecule has 38 heavy (non-hydrogen) atoms. The molecule has 5 heterocycles. The first-order valence-electron chi connectivity index (χ1n) is 13.4. The summed E-state index contributed by atoms with van der Waals surface area (Å²) in [6, 6.07) is 11.9. The number of pyridine rings is 1. The van der Waals surface area contributed by atoms with Gasteiger partial charge in [-0.05, 0) is 44.5 Å². The number of aliphatic hydroxyl groups is 1. The highest BCUT2D eigenvalue weighted by atomic mass is 16.5. The monoisotopic (exact) mass is 518 g/mol. The SMILES string of the molecule is C[C@H]1COCCN1c1nc(N2CCOC[C@@H]2C)c2ccc(-c3cccc(C(=O)N4CC[C@H](O)C4)c3)nc2n1. The Hall–Kier alpha value is -3.34. The summed E-state index contributed by atoms with van der Waals surface area (Å²) in [6.07, 6.45) is 0.168. The van der Waals surface area contributed by atoms with Crippen LogP contribution in [0.1, 0.15) is 30.6 Å². The first-order chi connectivity index (χ1) is 18.5. The fourth-order valence-electron chi connectivity index (χ4n) is 5.48. The summed E-state index contributed by atoms with van der Waals surface area (Å²) < 4.78 is 11.3. The number of likely N-dealkylation sites (tertiary alicyclic amines) is 1. The highest BCUT2D eigenvalue weighted by molar-refractivity contribution is 5.96. The second-order valence-electron chi connectivity index (χ2n) is 10.4. The van der Waals surface area contributed by atoms with E-state index in [0.717, 1.165) is 35.6 Å². The summed E-state index contributed by atoms with van der Waals surface area (Å²) in [5.74, 6) is 1.46. The number of β-amino-alcohol motifs (C(OH)–C–C–N with tert-alkyl or cyclic N) is 1. The third-order valence-corrected chi connectivity index (χ3v) is 7.65. The lowest BCUT2D eigenvalue weighted by atomic mass is 10.1. The summed E-state index contributed by atoms with van der Waals surface area (Å²) >= 11 is 0. The van der Waals surface area contributed by atoms with Crippen LogP contribution >= 0.6 is 0 Å². The number of anilines is 2. The summed E-state index contributed by atoms with van der Waals surface area (Å²) in [6.45, 7) is 9.26. The molecule has 3 saturated heterocycles. The van der Waals surface area contributed by atoms with Gasteiger partial charge in [0.1, 0.15) is 5.82 Å². The molecule has 6 rings (SSSR count). The standard InChI is InChI=1S/C28H34N6O4/c1-18-16-37-12-10-33(18)26-23-6-7-24(29-25(23)30-28(31-26)34-11-13-38-17-19(34)2)20-4-3-5-21(14-20)27(36)32-9-8-22(35)15-32/h3-7,14,18-19,22,35H,8-13,15-17H2,1-2H3/t18-,19-,22-/m0/s1. The summed E-state index contributed by atoms with van der Waals surface area (Å²) in [7, 11) is 0. The van der Waals surface area contributed by atoms with Gasteiger partial charge in [0.15, 0.2) is 5.65 Å². The molecule has 0 spiro atoms. The Kier molecular flexibility index (Phi) is 6.86. The molecule has 0 saturated carbocycles. The van der Waals surface area contributed by atoms with Crippen LogP contribution in [0.15, 0.2) is 36.4 Å². The molecule has 0 unspecified atom stereocenters. The number of amides is 1. The molecular formula is C28H34N6O4. The third-order valence-electron chi connectivity index (χ3n) is 7.65. The molecule has 2 aromatic heterocycles. The first-order valence-corrected chi connectivity index (χ1v) is 13.4. The number of aromatic nitrogens is 3. The number of carbonyl (C=O) groups is 1. The Bertz CT molecular complexity index is 1340. The number of hydrogen-bond donors (Lipinski definition) is 1. The molecule has 0 bridgehead atoms. The molecule has 3 aromatic rings. The highest BCUT2D eigenvalue weighted by Crippen LogP contribution is 2.31. The lowest BCUT2D eigenvalue weighted by Crippen LogP contribution is -2.46. The van der Waals surface area contributed by atoms with Crippen LogP contribution in [0.25, 0.3) is 22.3 Å². The topological polar surface area (TPSA) is 104 Å². The number of nitrogens with zero attached hydrogens (tertiary/aromatic N) is 6. The molecule has 3 atom stereocenters. The Morgan fingerprint density at radius 2 is 1.71 bits per heavy atom. The van der Waals surface area contributed by atoms with Gasteiger partial charge in [-0.3, -0.25) is 4.79 Å². The van der Waals surface area contributed by atoms with Crippen LogP contribution in [0, 0.1) is 0 Å². The number of carbonyl (C=O) groups excluding carboxylic acids is 1. The molecule has 1 amide bonds. The maximum Gasteiger partial charge on any atom is 0.253 e. The second-order valence-corrected chi connectivity index (χ2v) is 10.4. The van der Waals surface area contributed by atoms with Crippen molar-refractivity contribution < 1.29 is 19.4 Å². The molecule has 0 radical (unpaired) electrons. The zero-order valence-electron chi connectivity index (χ0n) is 21.9. The van der Waals surface area contributed by atoms with Crippen molar-refractivity contribution in [2.75, 3.05) is 62.4 Å². The van der Waals surface area contributed by atoms with Gasteiger partial charge in [-0.25, -0.2) is 4.98 Å². The second kappa shape index (κ2) is 10.4. The predicted octanol–water partition coefficient (Wildman–Crippen LogP) is 2.35. The van der Waals surface area contributed by atoms with Gasteiger partial charge < -0.3 is 29.3 Å². The van der Waals surface area contributed by atoms with Crippen LogP contribution in [-0.4, -0.2) is 102 Å². The van der Waals surface area contributed by atoms with Crippen molar-refractivity contribution in [3.63, 3.8) is 0 Å². The summed E-state index contributed by atoms with van der Waals surface area (Å²) in [5.41, 5.74) is 2.80. The number of ether oxygens (including phenoxy) is 2. The van der Waals surface area contributed by atoms with E-state index in [1.807, 2.05) is 36.4 Å². The largest absolute Gasteiger partial charge is 0.391 e. The molecule has 10 heteroatoms. The van der Waals surface area contributed by atoms with E-state index < -0.39 is 6.10 Å². The molecule has 1 N–H and O–H groups in total. The summed E-state index contributed by atoms with van der Waals surface area (Å²) in [4.78, 5) is 34.2. The van der Waals surface area contributed by atoms with Crippen LogP contribution in [0.3, 0.4) is 0 Å². The number of rotatable bonds is 4. The normalized spacial score (nSPS) is 24.3. The number of aliphatic hydroxyl groups excluding tert-OH is 1. The van der Waals surface area contributed by atoms with Crippen molar-refractivity contribution >= 4 is 28.7 Å². The minimum Gasteiger partial charge on any atom is -0.391 e. The van der Waals surface area contributed by atoms with Gasteiger partial charge in [0.25, 0.3) is 5.91 Å². The van der Waals surface area contributed by atoms with E-state index in [0.29, 0.717) is 63.1 Å². The van der Waals surface area contributed by atoms with Crippen molar-refractivity contribution in [2.45, 2.75) is 38.5 Å². The van der Waals surface area contributed by atoms with Crippen LogP contribution in [0.2, 0.25) is 0 Å². The predicted molar refractivity (Wildman–Crippen MR) is 145 cm³/mol. The van der Waals surface area contributed by atoms with Crippen molar-refractivity contribution in [3.05, 3.63) is 42.0 Å². The molecule has 0 aliphatic carbocycles. The smallest absolute Gasteiger partial charge is 0.253 e. The molecule has 200 valence electrons. The zero-order valence-corrected chi connectivity index (χ0v) is 21.9. The molecule has 1 aromatic carbocycles. The minimum absolute atomic E-state index is 0.0707. The van der Waals surface area contributed by atoms with Crippen molar-refractivity contribution in [2.24, 2.45) is 0 Å². The van der Waals surface area contributed by atoms with Gasteiger partial charge in [0.2, 0.25) is 5.95 Å². The Balaban J connectivity index is 1.40. The first kappa shape index (κ1) is 25.0. The number of benzene rings is 1. The van der Waals surface area contributed by atoms with E-state index in [9.17, 15) is 9.90 Å². The quantitative estimate of drug-likeness (QED) is 0.557. The van der Waals surface area contributed by atoms with E-state index in [2.05, 4.69) is 23.6 Å². The Morgan fingerprint density at radius 1 is 0.947 bits per heavy atom. The van der Waals surface area contributed by atoms with Gasteiger partial charge in [0.05, 0.1) is 55.7 Å². The lowest BCUT2D eigenvalue weighted by molar-refractivity contribution is 0.0765. The lowest BCUT2D eigenvalue weighted by Gasteiger charge is -2.37. The fourth-order valence-corrected chi connectivity index (χ4v) is 5.48. The van der Waals surface area contributed by atoms with Crippen molar-refractivity contribution in [1.82, 2.24) is 19.9 Å². The molecular weight excluding hydrogens is 484 g/mol. The van der Waals surface area contributed by atoms with E-state index in [4.69, 9.17) is 24.4 Å². The van der Waals surface area contributed by atoms with Gasteiger partial charge in [-0.15, -0.1) is 0 Å². The summed E-state index contributed by atoms with van der Waals surface area (Å²) in [5, 5.41) is 10.8. The van der Waals surface area contributed by atoms with E-state index >= 15 is 0 Å². The number of fused-ring (bicyclic) bond motifs is 1. The van der Waals surface area contributed by atoms with E-state index in [-0.39, 0.29) is 18.0 Å². The molecule has 10 nitrogen and oxygen atoms in total. The van der Waals surface area contributed by atoms with Gasteiger partial charge in [-0.2, -0.15) is 9.97 Å². The van der Waals surface area contributed by atoms with Gasteiger partial charge in [-0.1, -0.05) is 12.1 Å². The fraction of sp³-hybridized carbons (Fsp3) is 0.500. The third kappa shape index (κ3) is 4.79. The maximum atomic E-state index is 13.0. The Morgan fingerprint density at radius 3 is 2.42 bits per heavy atom. The van der Waals surface area contributed by atoms with Crippen LogP contribution in [0.4, 0.5) is 11.8 Å². The van der Waals surface area contributed by atoms with Gasteiger partial charge >= 0.3 is 0 Å². The van der Waals surface area contributed by atoms with E-state index in [1.54, 1.807) is 4.90 Å². The molecule has 3 fully saturated rings. The maximum absolute atomic E-state index is 13.0. The van der Waals surface area contributed by atoms with E-state index in [1.165, 1.54) is 0 Å². The average Bonchev–Trinajstić information content (AvgIpc) is 3.38. The number of morpholine rings is 2. The molecule has 3 aliphatic heterocycles. The van der Waals surface area contributed by atoms with Crippen LogP contribution in [-0.2, 0) is 9.47 Å². The average molecular weight is 519 g/mol. The highest BCUT2D eigenvalue weighted by Gasteiger charge is 2.28. The van der Waals surface area contributed by atoms with Crippen molar-refractivity contribution in [1.29, 1.82) is 0 Å². The van der Waals surface area contributed by atoms with Gasteiger partial charge in [0, 0.05) is 37.3 Å². The minimum atomic E-state index is -0.448. The van der Waals surface area contributed by atoms with Crippen molar-refractivity contribution in [3.8, 4) is 11.3 Å².